The van der Waals surface area contributed by atoms with E-state index in [1.54, 1.807) is 30.1 Å². The summed E-state index contributed by atoms with van der Waals surface area (Å²) >= 11 is 0. The Morgan fingerprint density at radius 2 is 1.77 bits per heavy atom. The molecule has 0 saturated heterocycles. The van der Waals surface area contributed by atoms with Crippen molar-refractivity contribution in [2.75, 3.05) is 10.6 Å². The van der Waals surface area contributed by atoms with Crippen LogP contribution in [0, 0.1) is 0 Å². The summed E-state index contributed by atoms with van der Waals surface area (Å²) in [5, 5.41) is 18.3. The third-order valence-electron chi connectivity index (χ3n) is 4.61. The maximum atomic E-state index is 12.5. The van der Waals surface area contributed by atoms with Crippen molar-refractivity contribution < 1.29 is 4.79 Å². The van der Waals surface area contributed by atoms with Crippen LogP contribution in [-0.4, -0.2) is 36.9 Å². The smallest absolute Gasteiger partial charge is 0.247 e. The van der Waals surface area contributed by atoms with Gasteiger partial charge < -0.3 is 10.6 Å². The molecule has 0 fully saturated rings. The van der Waals surface area contributed by atoms with Gasteiger partial charge >= 0.3 is 0 Å². The van der Waals surface area contributed by atoms with Crippen molar-refractivity contribution >= 4 is 17.4 Å². The lowest BCUT2D eigenvalue weighted by molar-refractivity contribution is -0.116. The van der Waals surface area contributed by atoms with Crippen LogP contribution in [-0.2, 0) is 11.8 Å². The number of hydrogen-bond donors (Lipinski definition) is 2. The Morgan fingerprint density at radius 3 is 2.40 bits per heavy atom. The van der Waals surface area contributed by atoms with Gasteiger partial charge in [0, 0.05) is 18.8 Å². The SMILES string of the molecule is CC(Nc1ccc(-c2ccnn2C)nc1)C(=O)Nc1ccc(-c2ccccc2)nn1. The van der Waals surface area contributed by atoms with Crippen molar-refractivity contribution in [2.24, 2.45) is 7.05 Å². The molecular weight excluding hydrogens is 378 g/mol. The number of carbonyl (C=O) groups is 1. The molecule has 1 aromatic carbocycles. The van der Waals surface area contributed by atoms with E-state index < -0.39 is 6.04 Å². The highest BCUT2D eigenvalue weighted by Gasteiger charge is 2.14. The number of amides is 1. The first kappa shape index (κ1) is 19.3. The molecule has 2 N–H and O–H groups in total. The molecule has 0 saturated carbocycles. The van der Waals surface area contributed by atoms with Crippen LogP contribution in [0.15, 0.2) is 73.1 Å². The molecule has 4 rings (SSSR count). The first-order valence-electron chi connectivity index (χ1n) is 9.51. The van der Waals surface area contributed by atoms with E-state index in [2.05, 4.69) is 30.9 Å². The second kappa shape index (κ2) is 8.52. The third kappa shape index (κ3) is 4.33. The molecule has 8 heteroatoms. The average Bonchev–Trinajstić information content (AvgIpc) is 3.21. The van der Waals surface area contributed by atoms with Gasteiger partial charge in [-0.2, -0.15) is 5.10 Å². The summed E-state index contributed by atoms with van der Waals surface area (Å²) < 4.78 is 1.76. The Hall–Kier alpha value is -4.07. The second-order valence-electron chi connectivity index (χ2n) is 6.80. The number of nitrogens with one attached hydrogen (secondary N) is 2. The predicted octanol–water partition coefficient (Wildman–Crippen LogP) is 3.38. The Bertz CT molecular complexity index is 1120. The number of rotatable bonds is 6. The van der Waals surface area contributed by atoms with Crippen molar-refractivity contribution in [3.05, 3.63) is 73.1 Å². The van der Waals surface area contributed by atoms with Gasteiger partial charge in [0.2, 0.25) is 5.91 Å². The average molecular weight is 399 g/mol. The first-order valence-corrected chi connectivity index (χ1v) is 9.51. The van der Waals surface area contributed by atoms with Crippen molar-refractivity contribution in [2.45, 2.75) is 13.0 Å². The quantitative estimate of drug-likeness (QED) is 0.516. The van der Waals surface area contributed by atoms with Crippen LogP contribution in [0.2, 0.25) is 0 Å². The topological polar surface area (TPSA) is 97.6 Å². The number of aryl methyl sites for hydroxylation is 1. The van der Waals surface area contributed by atoms with Gasteiger partial charge in [-0.15, -0.1) is 10.2 Å². The molecule has 8 nitrogen and oxygen atoms in total. The van der Waals surface area contributed by atoms with E-state index in [0.29, 0.717) is 5.82 Å². The summed E-state index contributed by atoms with van der Waals surface area (Å²) in [6.45, 7) is 1.77. The van der Waals surface area contributed by atoms with E-state index in [-0.39, 0.29) is 5.91 Å². The third-order valence-corrected chi connectivity index (χ3v) is 4.61. The summed E-state index contributed by atoms with van der Waals surface area (Å²) in [4.78, 5) is 16.9. The van der Waals surface area contributed by atoms with Crippen molar-refractivity contribution in [3.63, 3.8) is 0 Å². The summed E-state index contributed by atoms with van der Waals surface area (Å²) in [7, 11) is 1.87. The Balaban J connectivity index is 1.36. The number of nitrogens with zero attached hydrogens (tertiary/aromatic N) is 5. The predicted molar refractivity (Wildman–Crippen MR) is 116 cm³/mol. The number of aromatic nitrogens is 5. The second-order valence-corrected chi connectivity index (χ2v) is 6.80. The Morgan fingerprint density at radius 1 is 0.967 bits per heavy atom. The zero-order chi connectivity index (χ0) is 20.9. The van der Waals surface area contributed by atoms with Crippen LogP contribution in [0.25, 0.3) is 22.6 Å². The van der Waals surface area contributed by atoms with E-state index in [9.17, 15) is 4.79 Å². The molecule has 1 amide bonds. The highest BCUT2D eigenvalue weighted by molar-refractivity contribution is 5.95. The maximum absolute atomic E-state index is 12.5. The normalized spacial score (nSPS) is 11.7. The molecule has 1 atom stereocenters. The van der Waals surface area contributed by atoms with E-state index >= 15 is 0 Å². The van der Waals surface area contributed by atoms with Crippen molar-refractivity contribution in [3.8, 4) is 22.6 Å². The Kier molecular flexibility index (Phi) is 5.47. The van der Waals surface area contributed by atoms with Gasteiger partial charge in [-0.3, -0.25) is 14.5 Å². The minimum atomic E-state index is -0.482. The molecule has 3 heterocycles. The van der Waals surface area contributed by atoms with Crippen molar-refractivity contribution in [1.82, 2.24) is 25.0 Å². The minimum absolute atomic E-state index is 0.215. The van der Waals surface area contributed by atoms with Gasteiger partial charge in [0.05, 0.1) is 29.0 Å². The summed E-state index contributed by atoms with van der Waals surface area (Å²) in [5.74, 6) is 0.186. The zero-order valence-electron chi connectivity index (χ0n) is 16.6. The number of carbonyl (C=O) groups excluding carboxylic acids is 1. The van der Waals surface area contributed by atoms with Gasteiger partial charge in [-0.1, -0.05) is 30.3 Å². The van der Waals surface area contributed by atoms with Crippen LogP contribution < -0.4 is 10.6 Å². The number of anilines is 2. The fourth-order valence-corrected chi connectivity index (χ4v) is 2.97. The largest absolute Gasteiger partial charge is 0.373 e. The van der Waals surface area contributed by atoms with Crippen LogP contribution in [0.3, 0.4) is 0 Å². The fraction of sp³-hybridized carbons (Fsp3) is 0.136. The van der Waals surface area contributed by atoms with Crippen molar-refractivity contribution in [1.29, 1.82) is 0 Å². The molecule has 0 bridgehead atoms. The molecule has 30 heavy (non-hydrogen) atoms. The molecule has 4 aromatic rings. The monoisotopic (exact) mass is 399 g/mol. The molecule has 1 unspecified atom stereocenters. The lowest BCUT2D eigenvalue weighted by atomic mass is 10.1. The maximum Gasteiger partial charge on any atom is 0.247 e. The van der Waals surface area contributed by atoms with Crippen LogP contribution in [0.5, 0.6) is 0 Å². The molecular formula is C22H21N7O. The molecule has 0 aliphatic carbocycles. The summed E-state index contributed by atoms with van der Waals surface area (Å²) in [5.41, 5.74) is 4.20. The van der Waals surface area contributed by atoms with Crippen LogP contribution >= 0.6 is 0 Å². The molecule has 0 aliphatic heterocycles. The molecule has 0 aliphatic rings. The van der Waals surface area contributed by atoms with Gasteiger partial charge in [-0.05, 0) is 37.3 Å². The summed E-state index contributed by atoms with van der Waals surface area (Å²) in [6, 6.07) is 18.5. The highest BCUT2D eigenvalue weighted by Crippen LogP contribution is 2.18. The molecule has 0 spiro atoms. The summed E-state index contributed by atoms with van der Waals surface area (Å²) in [6.07, 6.45) is 3.42. The standard InChI is InChI=1S/C22H21N7O/c1-15(25-17-8-9-19(23-14-17)20-12-13-24-29(20)2)22(30)26-21-11-10-18(27-28-21)16-6-4-3-5-7-16/h3-15,25H,1-2H3,(H,26,28,30). The molecule has 0 radical (unpaired) electrons. The van der Waals surface area contributed by atoms with Gasteiger partial charge in [0.1, 0.15) is 6.04 Å². The van der Waals surface area contributed by atoms with Crippen LogP contribution in [0.1, 0.15) is 6.92 Å². The van der Waals surface area contributed by atoms with Crippen LogP contribution in [0.4, 0.5) is 11.5 Å². The number of pyridine rings is 1. The van der Waals surface area contributed by atoms with E-state index in [0.717, 1.165) is 28.3 Å². The fourth-order valence-electron chi connectivity index (χ4n) is 2.97. The van der Waals surface area contributed by atoms with E-state index in [4.69, 9.17) is 0 Å². The highest BCUT2D eigenvalue weighted by atomic mass is 16.2. The first-order chi connectivity index (χ1) is 14.6. The zero-order valence-corrected chi connectivity index (χ0v) is 16.6. The van der Waals surface area contributed by atoms with E-state index in [1.807, 2.05) is 61.6 Å². The number of hydrogen-bond acceptors (Lipinski definition) is 6. The van der Waals surface area contributed by atoms with Gasteiger partial charge in [0.15, 0.2) is 5.82 Å². The minimum Gasteiger partial charge on any atom is -0.373 e. The number of benzene rings is 1. The van der Waals surface area contributed by atoms with Gasteiger partial charge in [-0.25, -0.2) is 0 Å². The molecule has 150 valence electrons. The van der Waals surface area contributed by atoms with E-state index in [1.165, 1.54) is 0 Å². The lowest BCUT2D eigenvalue weighted by Gasteiger charge is -2.15. The lowest BCUT2D eigenvalue weighted by Crippen LogP contribution is -2.32. The Labute approximate surface area is 174 Å². The van der Waals surface area contributed by atoms with Gasteiger partial charge in [0.25, 0.3) is 0 Å². The molecule has 3 aromatic heterocycles.